The van der Waals surface area contributed by atoms with Crippen molar-refractivity contribution in [1.29, 1.82) is 0 Å². The molecular formula is C20H25Cl2N3. The van der Waals surface area contributed by atoms with Gasteiger partial charge in [-0.2, -0.15) is 0 Å². The molecule has 0 spiro atoms. The second kappa shape index (κ2) is 7.61. The highest BCUT2D eigenvalue weighted by molar-refractivity contribution is 6.42. The maximum Gasteiger partial charge on any atom is 0.0612 e. The molecule has 0 bridgehead atoms. The largest absolute Gasteiger partial charge is 0.369 e. The molecule has 1 atom stereocenters. The van der Waals surface area contributed by atoms with Gasteiger partial charge >= 0.3 is 0 Å². The normalized spacial score (nSPS) is 23.8. The SMILES string of the molecule is Clc1ccc(N2CCN(CCN3C=CC4=CCCCC43)CC2)cc1Cl. The second-order valence-electron chi connectivity index (χ2n) is 7.13. The van der Waals surface area contributed by atoms with E-state index in [9.17, 15) is 0 Å². The van der Waals surface area contributed by atoms with Gasteiger partial charge in [0.2, 0.25) is 0 Å². The van der Waals surface area contributed by atoms with Crippen LogP contribution in [0.25, 0.3) is 0 Å². The zero-order valence-electron chi connectivity index (χ0n) is 14.5. The highest BCUT2D eigenvalue weighted by Gasteiger charge is 2.26. The van der Waals surface area contributed by atoms with Crippen molar-refractivity contribution in [2.24, 2.45) is 0 Å². The van der Waals surface area contributed by atoms with Crippen LogP contribution in [0.15, 0.2) is 42.1 Å². The molecule has 1 aliphatic carbocycles. The summed E-state index contributed by atoms with van der Waals surface area (Å²) in [6, 6.07) is 6.58. The van der Waals surface area contributed by atoms with Crippen molar-refractivity contribution < 1.29 is 0 Å². The Hall–Kier alpha value is -1.16. The quantitative estimate of drug-likeness (QED) is 0.768. The molecule has 25 heavy (non-hydrogen) atoms. The van der Waals surface area contributed by atoms with Crippen LogP contribution in [-0.2, 0) is 0 Å². The molecule has 134 valence electrons. The third kappa shape index (κ3) is 3.84. The van der Waals surface area contributed by atoms with Gasteiger partial charge in [0.25, 0.3) is 0 Å². The molecule has 0 saturated carbocycles. The standard InChI is InChI=1S/C20H25Cl2N3/c21-18-6-5-17(15-19(18)22)24-12-9-23(10-13-24)11-14-25-8-7-16-3-1-2-4-20(16)25/h3,5-8,15,20H,1-2,4,9-14H2. The van der Waals surface area contributed by atoms with E-state index in [0.717, 1.165) is 39.3 Å². The number of fused-ring (bicyclic) bond motifs is 1. The Balaban J connectivity index is 1.26. The summed E-state index contributed by atoms with van der Waals surface area (Å²) in [5, 5.41) is 1.26. The molecule has 1 aromatic carbocycles. The smallest absolute Gasteiger partial charge is 0.0612 e. The molecule has 3 aliphatic rings. The van der Waals surface area contributed by atoms with E-state index in [0.29, 0.717) is 16.1 Å². The predicted octanol–water partition coefficient (Wildman–Crippen LogP) is 4.42. The van der Waals surface area contributed by atoms with Crippen molar-refractivity contribution in [1.82, 2.24) is 9.80 Å². The number of hydrogen-bond acceptors (Lipinski definition) is 3. The van der Waals surface area contributed by atoms with Gasteiger partial charge in [-0.25, -0.2) is 0 Å². The average Bonchev–Trinajstić information content (AvgIpc) is 3.06. The van der Waals surface area contributed by atoms with Crippen LogP contribution in [0.4, 0.5) is 5.69 Å². The fourth-order valence-electron chi connectivity index (χ4n) is 4.10. The summed E-state index contributed by atoms with van der Waals surface area (Å²) < 4.78 is 0. The van der Waals surface area contributed by atoms with E-state index >= 15 is 0 Å². The van der Waals surface area contributed by atoms with E-state index in [4.69, 9.17) is 23.2 Å². The van der Waals surface area contributed by atoms with Gasteiger partial charge in [-0.15, -0.1) is 0 Å². The molecule has 0 aromatic heterocycles. The lowest BCUT2D eigenvalue weighted by Crippen LogP contribution is -2.48. The molecule has 2 heterocycles. The Labute approximate surface area is 160 Å². The van der Waals surface area contributed by atoms with Crippen molar-refractivity contribution in [3.05, 3.63) is 52.2 Å². The van der Waals surface area contributed by atoms with E-state index in [1.54, 1.807) is 0 Å². The minimum atomic E-state index is 0.624. The zero-order chi connectivity index (χ0) is 17.2. The molecule has 2 aliphatic heterocycles. The number of anilines is 1. The summed E-state index contributed by atoms with van der Waals surface area (Å²) in [6.07, 6.45) is 10.9. The molecule has 0 amide bonds. The van der Waals surface area contributed by atoms with Crippen molar-refractivity contribution in [2.75, 3.05) is 44.2 Å². The van der Waals surface area contributed by atoms with E-state index in [1.807, 2.05) is 12.1 Å². The van der Waals surface area contributed by atoms with E-state index in [-0.39, 0.29) is 0 Å². The lowest BCUT2D eigenvalue weighted by atomic mass is 9.95. The number of halogens is 2. The number of rotatable bonds is 4. The van der Waals surface area contributed by atoms with Gasteiger partial charge < -0.3 is 9.80 Å². The molecule has 5 heteroatoms. The number of benzene rings is 1. The number of hydrogen-bond donors (Lipinski definition) is 0. The Morgan fingerprint density at radius 1 is 1.00 bits per heavy atom. The lowest BCUT2D eigenvalue weighted by molar-refractivity contribution is 0.210. The molecule has 4 rings (SSSR count). The lowest BCUT2D eigenvalue weighted by Gasteiger charge is -2.37. The fourth-order valence-corrected chi connectivity index (χ4v) is 4.40. The maximum atomic E-state index is 6.15. The molecule has 0 N–H and O–H groups in total. The first-order valence-electron chi connectivity index (χ1n) is 9.27. The van der Waals surface area contributed by atoms with Crippen LogP contribution in [-0.4, -0.2) is 55.1 Å². The Bertz CT molecular complexity index is 678. The topological polar surface area (TPSA) is 9.72 Å². The molecule has 1 fully saturated rings. The minimum Gasteiger partial charge on any atom is -0.369 e. The van der Waals surface area contributed by atoms with Crippen LogP contribution in [0, 0.1) is 0 Å². The van der Waals surface area contributed by atoms with Crippen molar-refractivity contribution in [3.8, 4) is 0 Å². The van der Waals surface area contributed by atoms with Gasteiger partial charge in [0, 0.05) is 51.2 Å². The molecule has 1 unspecified atom stereocenters. The third-order valence-corrected chi connectivity index (χ3v) is 6.36. The first kappa shape index (κ1) is 17.3. The summed E-state index contributed by atoms with van der Waals surface area (Å²) in [4.78, 5) is 7.51. The predicted molar refractivity (Wildman–Crippen MR) is 107 cm³/mol. The highest BCUT2D eigenvalue weighted by Crippen LogP contribution is 2.30. The van der Waals surface area contributed by atoms with E-state index < -0.39 is 0 Å². The van der Waals surface area contributed by atoms with Crippen LogP contribution in [0.5, 0.6) is 0 Å². The summed E-state index contributed by atoms with van der Waals surface area (Å²) >= 11 is 12.2. The van der Waals surface area contributed by atoms with Crippen LogP contribution in [0.2, 0.25) is 10.0 Å². The highest BCUT2D eigenvalue weighted by atomic mass is 35.5. The fraction of sp³-hybridized carbons (Fsp3) is 0.500. The second-order valence-corrected chi connectivity index (χ2v) is 7.95. The van der Waals surface area contributed by atoms with E-state index in [1.165, 1.54) is 30.5 Å². The number of piperazine rings is 1. The first-order chi connectivity index (χ1) is 12.2. The van der Waals surface area contributed by atoms with Gasteiger partial charge in [-0.1, -0.05) is 29.3 Å². The van der Waals surface area contributed by atoms with Crippen LogP contribution < -0.4 is 4.90 Å². The summed E-state index contributed by atoms with van der Waals surface area (Å²) in [5.41, 5.74) is 2.71. The Morgan fingerprint density at radius 3 is 2.64 bits per heavy atom. The number of nitrogens with zero attached hydrogens (tertiary/aromatic N) is 3. The molecule has 3 nitrogen and oxygen atoms in total. The van der Waals surface area contributed by atoms with Gasteiger partial charge in [0.05, 0.1) is 16.1 Å². The van der Waals surface area contributed by atoms with Crippen LogP contribution in [0.1, 0.15) is 19.3 Å². The van der Waals surface area contributed by atoms with Gasteiger partial charge in [0.1, 0.15) is 0 Å². The van der Waals surface area contributed by atoms with Crippen LogP contribution >= 0.6 is 23.2 Å². The summed E-state index contributed by atoms with van der Waals surface area (Å²) in [7, 11) is 0. The maximum absolute atomic E-state index is 6.15. The first-order valence-corrected chi connectivity index (χ1v) is 10.0. The molecule has 0 radical (unpaired) electrons. The van der Waals surface area contributed by atoms with Gasteiger partial charge in [-0.3, -0.25) is 4.90 Å². The zero-order valence-corrected chi connectivity index (χ0v) is 16.0. The minimum absolute atomic E-state index is 0.624. The van der Waals surface area contributed by atoms with Crippen molar-refractivity contribution in [2.45, 2.75) is 25.3 Å². The average molecular weight is 378 g/mol. The van der Waals surface area contributed by atoms with Crippen molar-refractivity contribution >= 4 is 28.9 Å². The molecule has 1 saturated heterocycles. The Morgan fingerprint density at radius 2 is 1.84 bits per heavy atom. The molecular weight excluding hydrogens is 353 g/mol. The Kier molecular flexibility index (Phi) is 5.25. The van der Waals surface area contributed by atoms with Gasteiger partial charge in [0.15, 0.2) is 0 Å². The van der Waals surface area contributed by atoms with Crippen molar-refractivity contribution in [3.63, 3.8) is 0 Å². The summed E-state index contributed by atoms with van der Waals surface area (Å²) in [6.45, 7) is 6.57. The van der Waals surface area contributed by atoms with Crippen LogP contribution in [0.3, 0.4) is 0 Å². The summed E-state index contributed by atoms with van der Waals surface area (Å²) in [5.74, 6) is 0. The van der Waals surface area contributed by atoms with Gasteiger partial charge in [-0.05, 0) is 49.1 Å². The third-order valence-electron chi connectivity index (χ3n) is 5.62. The molecule has 1 aromatic rings. The number of allylic oxidation sites excluding steroid dienone is 1. The van der Waals surface area contributed by atoms with E-state index in [2.05, 4.69) is 39.1 Å². The monoisotopic (exact) mass is 377 g/mol.